The molecule has 1 fully saturated rings. The van der Waals surface area contributed by atoms with Gasteiger partial charge in [-0.2, -0.15) is 0 Å². The molecule has 0 bridgehead atoms. The van der Waals surface area contributed by atoms with Crippen LogP contribution in [0, 0.1) is 0 Å². The van der Waals surface area contributed by atoms with Crippen molar-refractivity contribution < 1.29 is 0 Å². The van der Waals surface area contributed by atoms with Gasteiger partial charge in [-0.05, 0) is 30.4 Å². The molecule has 0 radical (unpaired) electrons. The molecule has 2 heteroatoms. The van der Waals surface area contributed by atoms with Crippen molar-refractivity contribution in [3.63, 3.8) is 0 Å². The standard InChI is InChI=1S/C10H12ClN/c11-10-9(6-3-7-12-10)8-4-1-2-5-8/h3,6-8H,1-2,4-5H2. The average molecular weight is 182 g/mol. The van der Waals surface area contributed by atoms with E-state index in [9.17, 15) is 0 Å². The Morgan fingerprint density at radius 3 is 2.75 bits per heavy atom. The molecular weight excluding hydrogens is 170 g/mol. The molecule has 0 amide bonds. The minimum absolute atomic E-state index is 0.672. The van der Waals surface area contributed by atoms with Crippen molar-refractivity contribution in [1.82, 2.24) is 4.98 Å². The van der Waals surface area contributed by atoms with Crippen LogP contribution in [0.5, 0.6) is 0 Å². The van der Waals surface area contributed by atoms with E-state index in [1.165, 1.54) is 31.2 Å². The Balaban J connectivity index is 2.26. The number of rotatable bonds is 1. The molecular formula is C10H12ClN. The van der Waals surface area contributed by atoms with E-state index in [2.05, 4.69) is 11.1 Å². The fourth-order valence-corrected chi connectivity index (χ4v) is 2.21. The summed E-state index contributed by atoms with van der Waals surface area (Å²) in [6.45, 7) is 0. The van der Waals surface area contributed by atoms with E-state index >= 15 is 0 Å². The largest absolute Gasteiger partial charge is 0.244 e. The monoisotopic (exact) mass is 181 g/mol. The second kappa shape index (κ2) is 3.44. The fourth-order valence-electron chi connectivity index (χ4n) is 1.94. The van der Waals surface area contributed by atoms with Crippen molar-refractivity contribution in [3.8, 4) is 0 Å². The van der Waals surface area contributed by atoms with E-state index in [0.717, 1.165) is 0 Å². The maximum atomic E-state index is 5.99. The molecule has 0 N–H and O–H groups in total. The highest BCUT2D eigenvalue weighted by Gasteiger charge is 2.19. The number of halogens is 1. The Bertz CT molecular complexity index is 266. The number of hydrogen-bond acceptors (Lipinski definition) is 1. The maximum Gasteiger partial charge on any atom is 0.132 e. The topological polar surface area (TPSA) is 12.9 Å². The Labute approximate surface area is 77.8 Å². The van der Waals surface area contributed by atoms with Crippen LogP contribution >= 0.6 is 11.6 Å². The molecule has 0 atom stereocenters. The number of nitrogens with zero attached hydrogens (tertiary/aromatic N) is 1. The van der Waals surface area contributed by atoms with E-state index in [0.29, 0.717) is 11.1 Å². The van der Waals surface area contributed by atoms with Gasteiger partial charge in [0.05, 0.1) is 0 Å². The lowest BCUT2D eigenvalue weighted by Gasteiger charge is -2.09. The lowest BCUT2D eigenvalue weighted by atomic mass is 10.00. The molecule has 0 spiro atoms. The van der Waals surface area contributed by atoms with Gasteiger partial charge < -0.3 is 0 Å². The second-order valence-corrected chi connectivity index (χ2v) is 3.72. The van der Waals surface area contributed by atoms with Crippen molar-refractivity contribution in [2.75, 3.05) is 0 Å². The lowest BCUT2D eigenvalue weighted by Crippen LogP contribution is -1.94. The molecule has 1 aliphatic carbocycles. The van der Waals surface area contributed by atoms with Crippen LogP contribution in [0.2, 0.25) is 5.15 Å². The lowest BCUT2D eigenvalue weighted by molar-refractivity contribution is 0.719. The van der Waals surface area contributed by atoms with Crippen molar-refractivity contribution in [3.05, 3.63) is 29.0 Å². The molecule has 64 valence electrons. The minimum atomic E-state index is 0.672. The van der Waals surface area contributed by atoms with Crippen LogP contribution in [0.4, 0.5) is 0 Å². The third-order valence-electron chi connectivity index (χ3n) is 2.58. The van der Waals surface area contributed by atoms with Gasteiger partial charge in [-0.3, -0.25) is 0 Å². The summed E-state index contributed by atoms with van der Waals surface area (Å²) in [5.41, 5.74) is 1.25. The van der Waals surface area contributed by atoms with Gasteiger partial charge in [-0.25, -0.2) is 4.98 Å². The zero-order valence-corrected chi connectivity index (χ0v) is 7.72. The Hall–Kier alpha value is -0.560. The third-order valence-corrected chi connectivity index (χ3v) is 2.90. The first-order valence-corrected chi connectivity index (χ1v) is 4.86. The van der Waals surface area contributed by atoms with Crippen LogP contribution in [0.3, 0.4) is 0 Å². The SMILES string of the molecule is Clc1ncccc1C1CCCC1. The Morgan fingerprint density at radius 1 is 1.33 bits per heavy atom. The van der Waals surface area contributed by atoms with Gasteiger partial charge in [0, 0.05) is 6.20 Å². The highest BCUT2D eigenvalue weighted by molar-refractivity contribution is 6.30. The summed E-state index contributed by atoms with van der Waals surface area (Å²) >= 11 is 5.99. The van der Waals surface area contributed by atoms with Crippen molar-refractivity contribution >= 4 is 11.6 Å². The van der Waals surface area contributed by atoms with E-state index in [4.69, 9.17) is 11.6 Å². The summed E-state index contributed by atoms with van der Waals surface area (Å²) in [4.78, 5) is 4.09. The molecule has 0 unspecified atom stereocenters. The van der Waals surface area contributed by atoms with Crippen LogP contribution < -0.4 is 0 Å². The fraction of sp³-hybridized carbons (Fsp3) is 0.500. The summed E-state index contributed by atoms with van der Waals surface area (Å²) in [6, 6.07) is 4.07. The molecule has 1 aliphatic rings. The molecule has 0 aliphatic heterocycles. The summed E-state index contributed by atoms with van der Waals surface area (Å²) in [6.07, 6.45) is 7.00. The summed E-state index contributed by atoms with van der Waals surface area (Å²) in [5.74, 6) is 0.672. The molecule has 12 heavy (non-hydrogen) atoms. The van der Waals surface area contributed by atoms with Gasteiger partial charge in [0.25, 0.3) is 0 Å². The third kappa shape index (κ3) is 1.46. The molecule has 1 aromatic rings. The smallest absolute Gasteiger partial charge is 0.132 e. The van der Waals surface area contributed by atoms with Gasteiger partial charge >= 0.3 is 0 Å². The predicted octanol–water partition coefficient (Wildman–Crippen LogP) is 3.39. The van der Waals surface area contributed by atoms with Crippen LogP contribution in [0.1, 0.15) is 37.2 Å². The van der Waals surface area contributed by atoms with Crippen LogP contribution in [-0.2, 0) is 0 Å². The zero-order valence-electron chi connectivity index (χ0n) is 6.96. The van der Waals surface area contributed by atoms with Crippen LogP contribution in [-0.4, -0.2) is 4.98 Å². The predicted molar refractivity (Wildman–Crippen MR) is 50.5 cm³/mol. The molecule has 0 saturated heterocycles. The number of pyridine rings is 1. The van der Waals surface area contributed by atoms with E-state index in [1.807, 2.05) is 6.07 Å². The molecule has 2 rings (SSSR count). The van der Waals surface area contributed by atoms with Gasteiger partial charge in [0.2, 0.25) is 0 Å². The molecule has 1 aromatic heterocycles. The Morgan fingerprint density at radius 2 is 2.08 bits per heavy atom. The first-order chi connectivity index (χ1) is 5.88. The molecule has 1 saturated carbocycles. The van der Waals surface area contributed by atoms with Gasteiger partial charge in [0.15, 0.2) is 0 Å². The quantitative estimate of drug-likeness (QED) is 0.606. The van der Waals surface area contributed by atoms with Crippen molar-refractivity contribution in [1.29, 1.82) is 0 Å². The second-order valence-electron chi connectivity index (χ2n) is 3.36. The number of hydrogen-bond donors (Lipinski definition) is 0. The highest BCUT2D eigenvalue weighted by Crippen LogP contribution is 2.36. The first kappa shape index (κ1) is 8.06. The van der Waals surface area contributed by atoms with Gasteiger partial charge in [-0.15, -0.1) is 0 Å². The van der Waals surface area contributed by atoms with E-state index in [1.54, 1.807) is 6.20 Å². The zero-order chi connectivity index (χ0) is 8.39. The normalized spacial score (nSPS) is 18.4. The first-order valence-electron chi connectivity index (χ1n) is 4.48. The molecule has 0 aromatic carbocycles. The van der Waals surface area contributed by atoms with Crippen molar-refractivity contribution in [2.24, 2.45) is 0 Å². The van der Waals surface area contributed by atoms with Crippen molar-refractivity contribution in [2.45, 2.75) is 31.6 Å². The maximum absolute atomic E-state index is 5.99. The number of aromatic nitrogens is 1. The molecule has 1 nitrogen and oxygen atoms in total. The van der Waals surface area contributed by atoms with E-state index in [-0.39, 0.29) is 0 Å². The molecule has 1 heterocycles. The van der Waals surface area contributed by atoms with Crippen LogP contribution in [0.15, 0.2) is 18.3 Å². The Kier molecular flexibility index (Phi) is 2.31. The summed E-state index contributed by atoms with van der Waals surface area (Å²) in [7, 11) is 0. The summed E-state index contributed by atoms with van der Waals surface area (Å²) < 4.78 is 0. The van der Waals surface area contributed by atoms with Gasteiger partial charge in [-0.1, -0.05) is 30.5 Å². The van der Waals surface area contributed by atoms with Gasteiger partial charge in [0.1, 0.15) is 5.15 Å². The minimum Gasteiger partial charge on any atom is -0.244 e. The van der Waals surface area contributed by atoms with E-state index < -0.39 is 0 Å². The average Bonchev–Trinajstić information content (AvgIpc) is 2.57. The van der Waals surface area contributed by atoms with Crippen LogP contribution in [0.25, 0.3) is 0 Å². The highest BCUT2D eigenvalue weighted by atomic mass is 35.5. The summed E-state index contributed by atoms with van der Waals surface area (Å²) in [5, 5.41) is 0.699.